The summed E-state index contributed by atoms with van der Waals surface area (Å²) in [5.41, 5.74) is 0. The van der Waals surface area contributed by atoms with E-state index in [1.807, 2.05) is 0 Å². The largest absolute Gasteiger partial charge is 0.334 e. The van der Waals surface area contributed by atoms with Gasteiger partial charge in [-0.05, 0) is 0 Å². The zero-order valence-electron chi connectivity index (χ0n) is 7.66. The van der Waals surface area contributed by atoms with Gasteiger partial charge in [0.2, 0.25) is 0 Å². The van der Waals surface area contributed by atoms with Crippen LogP contribution in [0.4, 0.5) is 0 Å². The summed E-state index contributed by atoms with van der Waals surface area (Å²) in [5.74, 6) is 0.612. The molecule has 66 valence electrons. The van der Waals surface area contributed by atoms with E-state index in [2.05, 4.69) is 30.4 Å². The molecule has 2 heterocycles. The highest BCUT2D eigenvalue weighted by molar-refractivity contribution is 5.65. The molecule has 2 aliphatic rings. The molecule has 2 unspecified atom stereocenters. The minimum absolute atomic E-state index is 0.612. The average Bonchev–Trinajstić information content (AvgIpc) is 2.53. The summed E-state index contributed by atoms with van der Waals surface area (Å²) in [4.78, 5) is 5.99. The molecule has 0 aliphatic carbocycles. The second kappa shape index (κ2) is 3.40. The third-order valence-electron chi connectivity index (χ3n) is 3.03. The first-order valence-corrected chi connectivity index (χ1v) is 4.87. The molecule has 0 aromatic rings. The molecule has 2 rings (SSSR count). The Bertz CT molecular complexity index is 196. The first-order valence-electron chi connectivity index (χ1n) is 4.87. The molecule has 1 N–H and O–H groups in total. The lowest BCUT2D eigenvalue weighted by Gasteiger charge is -2.22. The van der Waals surface area contributed by atoms with Crippen LogP contribution in [0, 0.1) is 5.92 Å². The molecule has 0 saturated carbocycles. The number of aliphatic imine (C=N–C) groups is 1. The summed E-state index contributed by atoms with van der Waals surface area (Å²) < 4.78 is 0. The topological polar surface area (TPSA) is 16.8 Å². The van der Waals surface area contributed by atoms with Crippen LogP contribution in [0.15, 0.2) is 17.1 Å². The van der Waals surface area contributed by atoms with Gasteiger partial charge in [-0.2, -0.15) is 0 Å². The molecule has 2 nitrogen and oxygen atoms in total. The van der Waals surface area contributed by atoms with Crippen molar-refractivity contribution in [1.82, 2.24) is 0 Å². The second-order valence-corrected chi connectivity index (χ2v) is 3.86. The van der Waals surface area contributed by atoms with Gasteiger partial charge in [0.1, 0.15) is 0 Å². The number of rotatable bonds is 1. The maximum Gasteiger partial charge on any atom is 0.0988 e. The van der Waals surface area contributed by atoms with Crippen LogP contribution in [0.3, 0.4) is 0 Å². The quantitative estimate of drug-likeness (QED) is 0.523. The zero-order chi connectivity index (χ0) is 8.39. The Hall–Kier alpha value is -0.630. The molecule has 0 amide bonds. The number of dihydropyridines is 1. The third-order valence-corrected chi connectivity index (χ3v) is 3.03. The van der Waals surface area contributed by atoms with Crippen molar-refractivity contribution >= 4 is 6.21 Å². The molecular weight excluding hydrogens is 148 g/mol. The number of quaternary nitrogens is 1. The molecule has 0 bridgehead atoms. The minimum atomic E-state index is 0.612. The summed E-state index contributed by atoms with van der Waals surface area (Å²) in [6.07, 6.45) is 9.41. The number of hydrogen-bond acceptors (Lipinski definition) is 1. The van der Waals surface area contributed by atoms with Crippen LogP contribution >= 0.6 is 0 Å². The van der Waals surface area contributed by atoms with Crippen molar-refractivity contribution in [2.75, 3.05) is 20.1 Å². The van der Waals surface area contributed by atoms with Gasteiger partial charge in [0.05, 0.1) is 32.1 Å². The van der Waals surface area contributed by atoms with Gasteiger partial charge in [-0.15, -0.1) is 0 Å². The highest BCUT2D eigenvalue weighted by Gasteiger charge is 2.30. The van der Waals surface area contributed by atoms with Crippen LogP contribution in [0.1, 0.15) is 12.8 Å². The van der Waals surface area contributed by atoms with Crippen LogP contribution in [-0.2, 0) is 0 Å². The summed E-state index contributed by atoms with van der Waals surface area (Å²) in [6.45, 7) is 2.23. The van der Waals surface area contributed by atoms with Crippen molar-refractivity contribution in [3.63, 3.8) is 0 Å². The highest BCUT2D eigenvalue weighted by Crippen LogP contribution is 2.12. The fourth-order valence-corrected chi connectivity index (χ4v) is 2.30. The van der Waals surface area contributed by atoms with E-state index in [1.165, 1.54) is 19.4 Å². The highest BCUT2D eigenvalue weighted by atomic mass is 15.1. The van der Waals surface area contributed by atoms with Crippen molar-refractivity contribution in [3.8, 4) is 0 Å². The third kappa shape index (κ3) is 1.44. The molecule has 0 aromatic heterocycles. The second-order valence-electron chi connectivity index (χ2n) is 3.86. The van der Waals surface area contributed by atoms with Gasteiger partial charge in [-0.25, -0.2) is 0 Å². The molecule has 1 saturated heterocycles. The van der Waals surface area contributed by atoms with Gasteiger partial charge in [0, 0.05) is 19.1 Å². The first-order chi connectivity index (χ1) is 5.88. The normalized spacial score (nSPS) is 40.6. The summed E-state index contributed by atoms with van der Waals surface area (Å²) in [5, 5.41) is 0. The van der Waals surface area contributed by atoms with E-state index in [4.69, 9.17) is 0 Å². The van der Waals surface area contributed by atoms with Crippen molar-refractivity contribution in [2.24, 2.45) is 10.9 Å². The number of hydrogen-bond donors (Lipinski definition) is 1. The Labute approximate surface area is 74.0 Å². The lowest BCUT2D eigenvalue weighted by Crippen LogP contribution is -3.11. The van der Waals surface area contributed by atoms with Crippen molar-refractivity contribution < 1.29 is 4.90 Å². The lowest BCUT2D eigenvalue weighted by atomic mass is 9.97. The van der Waals surface area contributed by atoms with E-state index in [0.29, 0.717) is 5.92 Å². The Morgan fingerprint density at radius 2 is 2.42 bits per heavy atom. The monoisotopic (exact) mass is 165 g/mol. The van der Waals surface area contributed by atoms with Crippen molar-refractivity contribution in [1.29, 1.82) is 0 Å². The van der Waals surface area contributed by atoms with Gasteiger partial charge in [0.25, 0.3) is 0 Å². The van der Waals surface area contributed by atoms with Crippen LogP contribution in [0.25, 0.3) is 0 Å². The predicted octanol–water partition coefficient (Wildman–Crippen LogP) is -0.0797. The lowest BCUT2D eigenvalue weighted by molar-refractivity contribution is -0.893. The smallest absolute Gasteiger partial charge is 0.0988 e. The maximum absolute atomic E-state index is 4.31. The van der Waals surface area contributed by atoms with E-state index >= 15 is 0 Å². The van der Waals surface area contributed by atoms with Gasteiger partial charge in [0.15, 0.2) is 0 Å². The number of nitrogens with zero attached hydrogens (tertiary/aromatic N) is 1. The number of likely N-dealkylation sites (tertiary alicyclic amines) is 1. The SMILES string of the molecule is C[NH+]1CCC[C@H]1C1C=CCN=C1. The van der Waals surface area contributed by atoms with E-state index in [0.717, 1.165) is 12.6 Å². The van der Waals surface area contributed by atoms with Crippen LogP contribution in [0.2, 0.25) is 0 Å². The molecule has 12 heavy (non-hydrogen) atoms. The minimum Gasteiger partial charge on any atom is -0.334 e. The van der Waals surface area contributed by atoms with Gasteiger partial charge in [-0.1, -0.05) is 12.2 Å². The van der Waals surface area contributed by atoms with Crippen LogP contribution < -0.4 is 4.90 Å². The average molecular weight is 165 g/mol. The van der Waals surface area contributed by atoms with Crippen molar-refractivity contribution in [2.45, 2.75) is 18.9 Å². The molecule has 1 fully saturated rings. The molecular formula is C10H17N2+. The Kier molecular flexibility index (Phi) is 2.26. The summed E-state index contributed by atoms with van der Waals surface area (Å²) >= 11 is 0. The van der Waals surface area contributed by atoms with Gasteiger partial charge < -0.3 is 4.90 Å². The number of nitrogens with one attached hydrogen (secondary N) is 1. The van der Waals surface area contributed by atoms with Crippen LogP contribution in [-0.4, -0.2) is 32.4 Å². The zero-order valence-corrected chi connectivity index (χ0v) is 7.66. The van der Waals surface area contributed by atoms with E-state index in [9.17, 15) is 0 Å². The van der Waals surface area contributed by atoms with E-state index in [1.54, 1.807) is 4.90 Å². The fraction of sp³-hybridized carbons (Fsp3) is 0.700. The molecule has 3 atom stereocenters. The standard InChI is InChI=1S/C10H16N2/c1-12-7-3-5-10(12)9-4-2-6-11-8-9/h2,4,8-10H,3,5-7H2,1H3/p+1/t9?,10-/m0/s1. The molecule has 0 aromatic carbocycles. The Balaban J connectivity index is 2.02. The van der Waals surface area contributed by atoms with Gasteiger partial charge in [-0.3, -0.25) is 4.99 Å². The van der Waals surface area contributed by atoms with E-state index in [-0.39, 0.29) is 0 Å². The summed E-state index contributed by atoms with van der Waals surface area (Å²) in [6, 6.07) is 0.797. The van der Waals surface area contributed by atoms with Crippen molar-refractivity contribution in [3.05, 3.63) is 12.2 Å². The van der Waals surface area contributed by atoms with E-state index < -0.39 is 0 Å². The predicted molar refractivity (Wildman–Crippen MR) is 50.8 cm³/mol. The molecule has 2 aliphatic heterocycles. The fourth-order valence-electron chi connectivity index (χ4n) is 2.30. The molecule has 2 heteroatoms. The summed E-state index contributed by atoms with van der Waals surface area (Å²) in [7, 11) is 2.30. The van der Waals surface area contributed by atoms with Crippen LogP contribution in [0.5, 0.6) is 0 Å². The maximum atomic E-state index is 4.31. The Morgan fingerprint density at radius 1 is 1.50 bits per heavy atom. The van der Waals surface area contributed by atoms with Gasteiger partial charge >= 0.3 is 0 Å². The molecule has 0 radical (unpaired) electrons. The first kappa shape index (κ1) is 7.99. The Morgan fingerprint density at radius 3 is 3.00 bits per heavy atom. The molecule has 0 spiro atoms.